The van der Waals surface area contributed by atoms with Gasteiger partial charge >= 0.3 is 0 Å². The first-order valence-corrected chi connectivity index (χ1v) is 7.38. The maximum absolute atomic E-state index is 9.59. The topological polar surface area (TPSA) is 82.3 Å². The van der Waals surface area contributed by atoms with E-state index in [0.717, 1.165) is 22.6 Å². The van der Waals surface area contributed by atoms with E-state index in [1.807, 2.05) is 31.2 Å². The molecule has 0 atom stereocenters. The third kappa shape index (κ3) is 2.81. The van der Waals surface area contributed by atoms with Gasteiger partial charge in [-0.15, -0.1) is 10.2 Å². The zero-order valence-electron chi connectivity index (χ0n) is 13.7. The zero-order valence-corrected chi connectivity index (χ0v) is 13.7. The highest BCUT2D eigenvalue weighted by atomic mass is 16.5. The molecule has 1 aromatic carbocycles. The predicted octanol–water partition coefficient (Wildman–Crippen LogP) is 2.15. The Morgan fingerprint density at radius 2 is 1.92 bits per heavy atom. The van der Waals surface area contributed by atoms with Crippen molar-refractivity contribution in [3.63, 3.8) is 0 Å². The number of benzene rings is 1. The molecule has 1 N–H and O–H groups in total. The van der Waals surface area contributed by atoms with E-state index in [9.17, 15) is 5.11 Å². The lowest BCUT2D eigenvalue weighted by Gasteiger charge is -2.11. The molecule has 0 bridgehead atoms. The van der Waals surface area contributed by atoms with E-state index in [-0.39, 0.29) is 6.61 Å². The number of aliphatic hydroxyl groups is 1. The molecule has 0 aliphatic heterocycles. The number of ether oxygens (including phenoxy) is 2. The van der Waals surface area contributed by atoms with Crippen LogP contribution in [0.3, 0.4) is 0 Å². The maximum Gasteiger partial charge on any atom is 0.213 e. The minimum Gasteiger partial charge on any atom is -0.496 e. The lowest BCUT2D eigenvalue weighted by atomic mass is 10.1. The molecule has 2 aromatic heterocycles. The van der Waals surface area contributed by atoms with E-state index in [1.54, 1.807) is 31.0 Å². The zero-order chi connectivity index (χ0) is 17.1. The third-order valence-electron chi connectivity index (χ3n) is 3.71. The summed E-state index contributed by atoms with van der Waals surface area (Å²) in [6.07, 6.45) is 1.65. The SMILES string of the molecule is COc1ccc(-n2c(CO)nnc2-c2ccc(OC)c(C)c2)cn1. The summed E-state index contributed by atoms with van der Waals surface area (Å²) >= 11 is 0. The van der Waals surface area contributed by atoms with Crippen molar-refractivity contribution in [3.8, 4) is 28.7 Å². The van der Waals surface area contributed by atoms with Gasteiger partial charge in [-0.1, -0.05) is 0 Å². The number of methoxy groups -OCH3 is 2. The summed E-state index contributed by atoms with van der Waals surface area (Å²) in [6.45, 7) is 1.74. The van der Waals surface area contributed by atoms with Gasteiger partial charge in [0.1, 0.15) is 12.4 Å². The van der Waals surface area contributed by atoms with Gasteiger partial charge < -0.3 is 14.6 Å². The first kappa shape index (κ1) is 15.9. The van der Waals surface area contributed by atoms with Crippen LogP contribution in [0.2, 0.25) is 0 Å². The molecule has 24 heavy (non-hydrogen) atoms. The molecule has 0 aliphatic carbocycles. The van der Waals surface area contributed by atoms with E-state index >= 15 is 0 Å². The second kappa shape index (κ2) is 6.67. The normalized spacial score (nSPS) is 10.7. The summed E-state index contributed by atoms with van der Waals surface area (Å²) in [5.74, 6) is 2.37. The van der Waals surface area contributed by atoms with Crippen molar-refractivity contribution in [2.75, 3.05) is 14.2 Å². The molecular weight excluding hydrogens is 308 g/mol. The predicted molar refractivity (Wildman–Crippen MR) is 88.4 cm³/mol. The van der Waals surface area contributed by atoms with Crippen molar-refractivity contribution in [2.24, 2.45) is 0 Å². The Hall–Kier alpha value is -2.93. The van der Waals surface area contributed by atoms with Crippen LogP contribution >= 0.6 is 0 Å². The van der Waals surface area contributed by atoms with Gasteiger partial charge in [0.25, 0.3) is 0 Å². The molecule has 124 valence electrons. The van der Waals surface area contributed by atoms with Crippen molar-refractivity contribution < 1.29 is 14.6 Å². The van der Waals surface area contributed by atoms with Gasteiger partial charge in [0.05, 0.1) is 26.1 Å². The van der Waals surface area contributed by atoms with Gasteiger partial charge in [0.2, 0.25) is 5.88 Å². The van der Waals surface area contributed by atoms with E-state index in [2.05, 4.69) is 15.2 Å². The quantitative estimate of drug-likeness (QED) is 0.773. The molecule has 0 amide bonds. The average molecular weight is 326 g/mol. The van der Waals surface area contributed by atoms with Gasteiger partial charge in [-0.05, 0) is 36.8 Å². The van der Waals surface area contributed by atoms with Crippen LogP contribution in [0.25, 0.3) is 17.1 Å². The summed E-state index contributed by atoms with van der Waals surface area (Å²) in [7, 11) is 3.20. The summed E-state index contributed by atoms with van der Waals surface area (Å²) in [5.41, 5.74) is 2.60. The highest BCUT2D eigenvalue weighted by molar-refractivity contribution is 5.61. The van der Waals surface area contributed by atoms with Crippen LogP contribution in [0.1, 0.15) is 11.4 Å². The van der Waals surface area contributed by atoms with Crippen LogP contribution < -0.4 is 9.47 Å². The van der Waals surface area contributed by atoms with Crippen molar-refractivity contribution in [3.05, 3.63) is 47.9 Å². The second-order valence-corrected chi connectivity index (χ2v) is 5.18. The smallest absolute Gasteiger partial charge is 0.213 e. The third-order valence-corrected chi connectivity index (χ3v) is 3.71. The Kier molecular flexibility index (Phi) is 4.43. The van der Waals surface area contributed by atoms with Crippen molar-refractivity contribution in [2.45, 2.75) is 13.5 Å². The van der Waals surface area contributed by atoms with E-state index < -0.39 is 0 Å². The fraction of sp³-hybridized carbons (Fsp3) is 0.235. The molecule has 0 fully saturated rings. The number of hydrogen-bond donors (Lipinski definition) is 1. The highest BCUT2D eigenvalue weighted by Gasteiger charge is 2.16. The molecule has 0 spiro atoms. The number of aromatic nitrogens is 4. The maximum atomic E-state index is 9.59. The Bertz CT molecular complexity index is 844. The number of nitrogens with zero attached hydrogens (tertiary/aromatic N) is 4. The van der Waals surface area contributed by atoms with Crippen molar-refractivity contribution in [1.29, 1.82) is 0 Å². The van der Waals surface area contributed by atoms with Gasteiger partial charge in [-0.25, -0.2) is 4.98 Å². The molecular formula is C17H18N4O3. The molecule has 2 heterocycles. The molecule has 0 unspecified atom stereocenters. The van der Waals surface area contributed by atoms with Crippen molar-refractivity contribution >= 4 is 0 Å². The summed E-state index contributed by atoms with van der Waals surface area (Å²) in [6, 6.07) is 9.35. The molecule has 0 saturated heterocycles. The van der Waals surface area contributed by atoms with Gasteiger partial charge in [-0.3, -0.25) is 4.57 Å². The lowest BCUT2D eigenvalue weighted by molar-refractivity contribution is 0.269. The minimum atomic E-state index is -0.228. The first-order valence-electron chi connectivity index (χ1n) is 7.38. The fourth-order valence-electron chi connectivity index (χ4n) is 2.52. The highest BCUT2D eigenvalue weighted by Crippen LogP contribution is 2.27. The number of rotatable bonds is 5. The molecule has 7 heteroatoms. The Morgan fingerprint density at radius 1 is 1.08 bits per heavy atom. The van der Waals surface area contributed by atoms with Crippen LogP contribution in [0, 0.1) is 6.92 Å². The Morgan fingerprint density at radius 3 is 2.50 bits per heavy atom. The van der Waals surface area contributed by atoms with Gasteiger partial charge in [-0.2, -0.15) is 0 Å². The van der Waals surface area contributed by atoms with E-state index in [0.29, 0.717) is 17.5 Å². The lowest BCUT2D eigenvalue weighted by Crippen LogP contribution is -2.04. The van der Waals surface area contributed by atoms with Crippen LogP contribution in [0.4, 0.5) is 0 Å². The number of aryl methyl sites for hydroxylation is 1. The molecule has 3 rings (SSSR count). The monoisotopic (exact) mass is 326 g/mol. The van der Waals surface area contributed by atoms with Gasteiger partial charge in [0.15, 0.2) is 11.6 Å². The second-order valence-electron chi connectivity index (χ2n) is 5.18. The largest absolute Gasteiger partial charge is 0.496 e. The minimum absolute atomic E-state index is 0.228. The molecule has 7 nitrogen and oxygen atoms in total. The van der Waals surface area contributed by atoms with Crippen LogP contribution in [0.5, 0.6) is 11.6 Å². The Balaban J connectivity index is 2.12. The van der Waals surface area contributed by atoms with Crippen LogP contribution in [-0.4, -0.2) is 39.1 Å². The van der Waals surface area contributed by atoms with E-state index in [4.69, 9.17) is 9.47 Å². The summed E-state index contributed by atoms with van der Waals surface area (Å²) < 4.78 is 12.2. The first-order chi connectivity index (χ1) is 11.7. The molecule has 0 aliphatic rings. The van der Waals surface area contributed by atoms with Crippen LogP contribution in [0.15, 0.2) is 36.5 Å². The molecule has 0 radical (unpaired) electrons. The van der Waals surface area contributed by atoms with Crippen molar-refractivity contribution in [1.82, 2.24) is 19.7 Å². The average Bonchev–Trinajstić information content (AvgIpc) is 3.05. The summed E-state index contributed by atoms with van der Waals surface area (Å²) in [5, 5.41) is 17.9. The number of hydrogen-bond acceptors (Lipinski definition) is 6. The van der Waals surface area contributed by atoms with Gasteiger partial charge in [0, 0.05) is 11.6 Å². The fourth-order valence-corrected chi connectivity index (χ4v) is 2.52. The summed E-state index contributed by atoms with van der Waals surface area (Å²) in [4.78, 5) is 4.21. The number of aliphatic hydroxyl groups excluding tert-OH is 1. The molecule has 0 saturated carbocycles. The van der Waals surface area contributed by atoms with Crippen LogP contribution in [-0.2, 0) is 6.61 Å². The molecule has 3 aromatic rings. The number of pyridine rings is 1. The standard InChI is InChI=1S/C17H18N4O3/c1-11-8-12(4-6-14(11)23-2)17-20-19-15(10-22)21(17)13-5-7-16(24-3)18-9-13/h4-9,22H,10H2,1-3H3. The Labute approximate surface area is 139 Å². The van der Waals surface area contributed by atoms with E-state index in [1.165, 1.54) is 0 Å².